The molecule has 1 aromatic carbocycles. The van der Waals surface area contributed by atoms with Gasteiger partial charge in [0, 0.05) is 18.6 Å². The highest BCUT2D eigenvalue weighted by Crippen LogP contribution is 2.21. The number of aromatic nitrogens is 3. The van der Waals surface area contributed by atoms with Gasteiger partial charge in [-0.1, -0.05) is 12.1 Å². The fourth-order valence-electron chi connectivity index (χ4n) is 2.60. The largest absolute Gasteiger partial charge is 0.495 e. The highest BCUT2D eigenvalue weighted by Gasteiger charge is 2.17. The Bertz CT molecular complexity index is 984. The highest BCUT2D eigenvalue weighted by molar-refractivity contribution is 5.95. The lowest BCUT2D eigenvalue weighted by Crippen LogP contribution is -2.33. The van der Waals surface area contributed by atoms with Crippen LogP contribution in [0.15, 0.2) is 59.9 Å². The molecule has 1 amide bonds. The van der Waals surface area contributed by atoms with Gasteiger partial charge < -0.3 is 10.1 Å². The highest BCUT2D eigenvalue weighted by atomic mass is 16.5. The second kappa shape index (κ2) is 7.60. The first-order valence-electron chi connectivity index (χ1n) is 8.00. The smallest absolute Gasteiger partial charge is 0.268 e. The van der Waals surface area contributed by atoms with Gasteiger partial charge in [0.05, 0.1) is 31.2 Å². The average Bonchev–Trinajstić information content (AvgIpc) is 2.67. The van der Waals surface area contributed by atoms with E-state index in [1.807, 2.05) is 6.07 Å². The Morgan fingerprint density at radius 2 is 2.04 bits per heavy atom. The van der Waals surface area contributed by atoms with Gasteiger partial charge in [-0.05, 0) is 30.7 Å². The van der Waals surface area contributed by atoms with Crippen molar-refractivity contribution in [2.24, 2.45) is 0 Å². The van der Waals surface area contributed by atoms with Gasteiger partial charge in [0.2, 0.25) is 0 Å². The van der Waals surface area contributed by atoms with Gasteiger partial charge in [0.25, 0.3) is 11.5 Å². The normalized spacial score (nSPS) is 10.4. The molecule has 2 aromatic heterocycles. The average molecular weight is 350 g/mol. The lowest BCUT2D eigenvalue weighted by Gasteiger charge is -2.13. The van der Waals surface area contributed by atoms with E-state index in [0.29, 0.717) is 22.7 Å². The maximum Gasteiger partial charge on any atom is 0.268 e. The van der Waals surface area contributed by atoms with Crippen molar-refractivity contribution in [1.82, 2.24) is 19.9 Å². The van der Waals surface area contributed by atoms with E-state index in [9.17, 15) is 9.59 Å². The molecule has 3 rings (SSSR count). The molecule has 0 aliphatic heterocycles. The number of benzene rings is 1. The summed E-state index contributed by atoms with van der Waals surface area (Å²) < 4.78 is 6.72. The van der Waals surface area contributed by atoms with Crippen LogP contribution < -0.4 is 15.6 Å². The van der Waals surface area contributed by atoms with Gasteiger partial charge >= 0.3 is 0 Å². The topological polar surface area (TPSA) is 86.1 Å². The molecule has 7 heteroatoms. The predicted molar refractivity (Wildman–Crippen MR) is 96.5 cm³/mol. The Morgan fingerprint density at radius 3 is 2.77 bits per heavy atom. The summed E-state index contributed by atoms with van der Waals surface area (Å²) in [5, 5.41) is 2.72. The number of hydrogen-bond donors (Lipinski definition) is 1. The lowest BCUT2D eigenvalue weighted by atomic mass is 10.1. The third-order valence-electron chi connectivity index (χ3n) is 3.92. The Kier molecular flexibility index (Phi) is 5.07. The second-order valence-electron chi connectivity index (χ2n) is 5.60. The van der Waals surface area contributed by atoms with E-state index in [1.165, 1.54) is 11.7 Å². The van der Waals surface area contributed by atoms with Crippen LogP contribution in [0.3, 0.4) is 0 Å². The maximum atomic E-state index is 12.9. The van der Waals surface area contributed by atoms with Crippen molar-refractivity contribution in [3.8, 4) is 11.4 Å². The molecule has 7 nitrogen and oxygen atoms in total. The number of carbonyl (C=O) groups excluding carboxylic acids is 1. The van der Waals surface area contributed by atoms with Crippen LogP contribution in [-0.2, 0) is 6.54 Å². The Labute approximate surface area is 150 Å². The summed E-state index contributed by atoms with van der Waals surface area (Å²) in [5.41, 5.74) is 1.45. The van der Waals surface area contributed by atoms with Crippen LogP contribution in [0.5, 0.6) is 5.75 Å². The molecule has 0 spiro atoms. The molecule has 0 saturated carbocycles. The molecule has 0 aliphatic rings. The van der Waals surface area contributed by atoms with Gasteiger partial charge in [0.15, 0.2) is 0 Å². The number of nitrogens with zero attached hydrogens (tertiary/aromatic N) is 3. The number of methoxy groups -OCH3 is 1. The number of nitrogens with one attached hydrogen (secondary N) is 1. The van der Waals surface area contributed by atoms with E-state index in [1.54, 1.807) is 56.0 Å². The third-order valence-corrected chi connectivity index (χ3v) is 3.92. The lowest BCUT2D eigenvalue weighted by molar-refractivity contribution is 0.0948. The summed E-state index contributed by atoms with van der Waals surface area (Å²) in [4.78, 5) is 33.6. The number of para-hydroxylation sites is 2. The molecule has 0 bridgehead atoms. The molecule has 2 heterocycles. The van der Waals surface area contributed by atoms with Gasteiger partial charge in [-0.2, -0.15) is 0 Å². The van der Waals surface area contributed by atoms with E-state index < -0.39 is 11.5 Å². The van der Waals surface area contributed by atoms with Crippen LogP contribution in [0.4, 0.5) is 0 Å². The number of carbonyl (C=O) groups is 1. The van der Waals surface area contributed by atoms with Crippen LogP contribution in [0.2, 0.25) is 0 Å². The van der Waals surface area contributed by atoms with Crippen molar-refractivity contribution < 1.29 is 9.53 Å². The van der Waals surface area contributed by atoms with E-state index in [0.717, 1.165) is 0 Å². The standard InChI is InChI=1S/C19H18N4O3/c1-13-7-10-23(15-5-3-4-6-16(15)26-2)19(25)17(13)18(24)22-12-14-11-20-8-9-21-14/h3-11H,12H2,1-2H3,(H,22,24). The summed E-state index contributed by atoms with van der Waals surface area (Å²) in [5.74, 6) is 0.0896. The summed E-state index contributed by atoms with van der Waals surface area (Å²) in [6.07, 6.45) is 6.29. The zero-order valence-corrected chi connectivity index (χ0v) is 14.5. The van der Waals surface area contributed by atoms with Crippen molar-refractivity contribution in [3.63, 3.8) is 0 Å². The van der Waals surface area contributed by atoms with Gasteiger partial charge in [-0.25, -0.2) is 0 Å². The SMILES string of the molecule is COc1ccccc1-n1ccc(C)c(C(=O)NCc2cnccn2)c1=O. The van der Waals surface area contributed by atoms with Crippen LogP contribution in [0.25, 0.3) is 5.69 Å². The van der Waals surface area contributed by atoms with E-state index in [-0.39, 0.29) is 12.1 Å². The first-order valence-corrected chi connectivity index (χ1v) is 8.00. The maximum absolute atomic E-state index is 12.9. The first kappa shape index (κ1) is 17.3. The van der Waals surface area contributed by atoms with Crippen molar-refractivity contribution in [3.05, 3.63) is 82.3 Å². The molecule has 132 valence electrons. The second-order valence-corrected chi connectivity index (χ2v) is 5.60. The summed E-state index contributed by atoms with van der Waals surface area (Å²) in [6, 6.07) is 8.87. The summed E-state index contributed by atoms with van der Waals surface area (Å²) >= 11 is 0. The summed E-state index contributed by atoms with van der Waals surface area (Å²) in [7, 11) is 1.53. The molecular formula is C19H18N4O3. The number of hydrogen-bond acceptors (Lipinski definition) is 5. The zero-order chi connectivity index (χ0) is 18.5. The number of ether oxygens (including phenoxy) is 1. The van der Waals surface area contributed by atoms with E-state index in [4.69, 9.17) is 4.74 Å². The molecule has 0 fully saturated rings. The molecule has 0 unspecified atom stereocenters. The minimum Gasteiger partial charge on any atom is -0.495 e. The molecule has 26 heavy (non-hydrogen) atoms. The third kappa shape index (κ3) is 3.46. The molecule has 0 radical (unpaired) electrons. The number of amides is 1. The zero-order valence-electron chi connectivity index (χ0n) is 14.5. The monoisotopic (exact) mass is 350 g/mol. The Balaban J connectivity index is 1.95. The van der Waals surface area contributed by atoms with Crippen molar-refractivity contribution >= 4 is 5.91 Å². The van der Waals surface area contributed by atoms with Crippen LogP contribution in [-0.4, -0.2) is 27.6 Å². The molecule has 0 atom stereocenters. The predicted octanol–water partition coefficient (Wildman–Crippen LogP) is 1.87. The minimum atomic E-state index is -0.456. The quantitative estimate of drug-likeness (QED) is 0.759. The van der Waals surface area contributed by atoms with Gasteiger partial charge in [0.1, 0.15) is 11.3 Å². The Morgan fingerprint density at radius 1 is 1.23 bits per heavy atom. The summed E-state index contributed by atoms with van der Waals surface area (Å²) in [6.45, 7) is 1.92. The van der Waals surface area contributed by atoms with Gasteiger partial charge in [-0.3, -0.25) is 24.1 Å². The van der Waals surface area contributed by atoms with Crippen LogP contribution in [0, 0.1) is 6.92 Å². The fourth-order valence-corrected chi connectivity index (χ4v) is 2.60. The fraction of sp³-hybridized carbons (Fsp3) is 0.158. The number of pyridine rings is 1. The molecule has 3 aromatic rings. The van der Waals surface area contributed by atoms with Crippen molar-refractivity contribution in [2.75, 3.05) is 7.11 Å². The molecular weight excluding hydrogens is 332 g/mol. The number of aryl methyl sites for hydroxylation is 1. The molecule has 0 saturated heterocycles. The van der Waals surface area contributed by atoms with E-state index >= 15 is 0 Å². The molecule has 1 N–H and O–H groups in total. The Hall–Kier alpha value is -3.48. The van der Waals surface area contributed by atoms with Crippen LogP contribution >= 0.6 is 0 Å². The van der Waals surface area contributed by atoms with Gasteiger partial charge in [-0.15, -0.1) is 0 Å². The molecule has 0 aliphatic carbocycles. The van der Waals surface area contributed by atoms with E-state index in [2.05, 4.69) is 15.3 Å². The van der Waals surface area contributed by atoms with Crippen LogP contribution in [0.1, 0.15) is 21.6 Å². The minimum absolute atomic E-state index is 0.0855. The first-order chi connectivity index (χ1) is 12.6. The number of rotatable bonds is 5. The van der Waals surface area contributed by atoms with Crippen molar-refractivity contribution in [1.29, 1.82) is 0 Å². The van der Waals surface area contributed by atoms with Crippen molar-refractivity contribution in [2.45, 2.75) is 13.5 Å².